The molecule has 2 aliphatic heterocycles. The first-order chi connectivity index (χ1) is 12.0. The Morgan fingerprint density at radius 3 is 2.88 bits per heavy atom. The van der Waals surface area contributed by atoms with Crippen molar-refractivity contribution in [2.24, 2.45) is 5.92 Å². The SMILES string of the molecule is CC(C)CCC(=O)N1Cc2ccnn2C(CC(=O)N2CCCCO2)C1. The normalized spacial score (nSPS) is 20.7. The molecule has 7 heteroatoms. The second-order valence-electron chi connectivity index (χ2n) is 7.37. The molecule has 1 aromatic heterocycles. The van der Waals surface area contributed by atoms with Crippen LogP contribution in [0, 0.1) is 5.92 Å². The van der Waals surface area contributed by atoms with Crippen molar-refractivity contribution in [2.75, 3.05) is 19.7 Å². The lowest BCUT2D eigenvalue weighted by molar-refractivity contribution is -0.198. The highest BCUT2D eigenvalue weighted by atomic mass is 16.7. The lowest BCUT2D eigenvalue weighted by atomic mass is 10.1. The molecule has 1 aromatic rings. The van der Waals surface area contributed by atoms with Crippen LogP contribution >= 0.6 is 0 Å². The van der Waals surface area contributed by atoms with Gasteiger partial charge in [0, 0.05) is 25.7 Å². The number of hydrogen-bond donors (Lipinski definition) is 0. The first-order valence-corrected chi connectivity index (χ1v) is 9.28. The van der Waals surface area contributed by atoms with Crippen molar-refractivity contribution in [3.63, 3.8) is 0 Å². The third kappa shape index (κ3) is 4.39. The van der Waals surface area contributed by atoms with Crippen LogP contribution in [0.1, 0.15) is 57.7 Å². The highest BCUT2D eigenvalue weighted by Crippen LogP contribution is 2.25. The molecule has 0 saturated carbocycles. The van der Waals surface area contributed by atoms with Crippen LogP contribution < -0.4 is 0 Å². The Labute approximate surface area is 148 Å². The molecule has 3 heterocycles. The van der Waals surface area contributed by atoms with Gasteiger partial charge in [0.25, 0.3) is 0 Å². The zero-order valence-corrected chi connectivity index (χ0v) is 15.2. The van der Waals surface area contributed by atoms with Gasteiger partial charge in [-0.1, -0.05) is 13.8 Å². The van der Waals surface area contributed by atoms with Crippen molar-refractivity contribution in [1.82, 2.24) is 19.7 Å². The van der Waals surface area contributed by atoms with E-state index in [9.17, 15) is 9.59 Å². The average molecular weight is 348 g/mol. The minimum Gasteiger partial charge on any atom is -0.335 e. The Bertz CT molecular complexity index is 607. The molecule has 2 aliphatic rings. The summed E-state index contributed by atoms with van der Waals surface area (Å²) in [7, 11) is 0. The summed E-state index contributed by atoms with van der Waals surface area (Å²) in [5.74, 6) is 0.642. The summed E-state index contributed by atoms with van der Waals surface area (Å²) in [6.07, 6.45) is 5.47. The van der Waals surface area contributed by atoms with Crippen molar-refractivity contribution >= 4 is 11.8 Å². The van der Waals surface area contributed by atoms with E-state index in [1.165, 1.54) is 5.06 Å². The van der Waals surface area contributed by atoms with Crippen molar-refractivity contribution < 1.29 is 14.4 Å². The molecule has 7 nitrogen and oxygen atoms in total. The number of nitrogens with zero attached hydrogens (tertiary/aromatic N) is 4. The van der Waals surface area contributed by atoms with Gasteiger partial charge in [-0.05, 0) is 31.2 Å². The standard InChI is InChI=1S/C18H28N4O3/c1-14(2)5-6-17(23)20-12-15-7-8-19-22(15)16(13-20)11-18(24)21-9-3-4-10-25-21/h7-8,14,16H,3-6,9-13H2,1-2H3. The Kier molecular flexibility index (Phi) is 5.73. The minimum absolute atomic E-state index is 0.0253. The van der Waals surface area contributed by atoms with Gasteiger partial charge >= 0.3 is 0 Å². The number of carbonyl (C=O) groups excluding carboxylic acids is 2. The van der Waals surface area contributed by atoms with E-state index in [4.69, 9.17) is 4.84 Å². The Hall–Kier alpha value is -1.89. The van der Waals surface area contributed by atoms with Gasteiger partial charge in [-0.3, -0.25) is 19.1 Å². The maximum atomic E-state index is 12.5. The summed E-state index contributed by atoms with van der Waals surface area (Å²) in [5.41, 5.74) is 0.988. The van der Waals surface area contributed by atoms with E-state index in [1.54, 1.807) is 6.20 Å². The van der Waals surface area contributed by atoms with Crippen molar-refractivity contribution in [1.29, 1.82) is 0 Å². The van der Waals surface area contributed by atoms with E-state index in [0.29, 0.717) is 45.0 Å². The van der Waals surface area contributed by atoms with Gasteiger partial charge in [0.05, 0.1) is 31.3 Å². The predicted molar refractivity (Wildman–Crippen MR) is 92.3 cm³/mol. The Morgan fingerprint density at radius 1 is 1.32 bits per heavy atom. The molecule has 0 aliphatic carbocycles. The maximum absolute atomic E-state index is 12.5. The smallest absolute Gasteiger partial charge is 0.248 e. The molecular formula is C18H28N4O3. The van der Waals surface area contributed by atoms with Crippen LogP contribution in [0.2, 0.25) is 0 Å². The summed E-state index contributed by atoms with van der Waals surface area (Å²) < 4.78 is 1.90. The summed E-state index contributed by atoms with van der Waals surface area (Å²) in [4.78, 5) is 32.4. The molecule has 1 saturated heterocycles. The lowest BCUT2D eigenvalue weighted by Crippen LogP contribution is -2.44. The molecule has 2 amide bonds. The van der Waals surface area contributed by atoms with E-state index in [-0.39, 0.29) is 17.9 Å². The fraction of sp³-hybridized carbons (Fsp3) is 0.722. The first-order valence-electron chi connectivity index (χ1n) is 9.28. The van der Waals surface area contributed by atoms with Crippen molar-refractivity contribution in [3.8, 4) is 0 Å². The zero-order chi connectivity index (χ0) is 17.8. The monoisotopic (exact) mass is 348 g/mol. The van der Waals surface area contributed by atoms with Gasteiger partial charge in [0.15, 0.2) is 0 Å². The van der Waals surface area contributed by atoms with Gasteiger partial charge in [0.1, 0.15) is 0 Å². The number of amides is 2. The van der Waals surface area contributed by atoms with Gasteiger partial charge < -0.3 is 4.90 Å². The summed E-state index contributed by atoms with van der Waals surface area (Å²) in [6, 6.07) is 1.80. The third-order valence-corrected chi connectivity index (χ3v) is 4.86. The maximum Gasteiger partial charge on any atom is 0.248 e. The van der Waals surface area contributed by atoms with Crippen LogP contribution in [0.15, 0.2) is 12.3 Å². The van der Waals surface area contributed by atoms with Crippen LogP contribution in [-0.2, 0) is 21.0 Å². The van der Waals surface area contributed by atoms with Crippen LogP contribution in [0.5, 0.6) is 0 Å². The average Bonchev–Trinajstić information content (AvgIpc) is 3.09. The van der Waals surface area contributed by atoms with Gasteiger partial charge in [-0.25, -0.2) is 5.06 Å². The molecule has 25 heavy (non-hydrogen) atoms. The molecule has 0 radical (unpaired) electrons. The van der Waals surface area contributed by atoms with Crippen LogP contribution in [0.4, 0.5) is 0 Å². The van der Waals surface area contributed by atoms with Gasteiger partial charge in [0.2, 0.25) is 11.8 Å². The molecule has 1 atom stereocenters. The molecule has 138 valence electrons. The number of hydrogen-bond acceptors (Lipinski definition) is 4. The predicted octanol–water partition coefficient (Wildman–Crippen LogP) is 2.15. The van der Waals surface area contributed by atoms with Crippen LogP contribution in [0.25, 0.3) is 0 Å². The first kappa shape index (κ1) is 17.9. The van der Waals surface area contributed by atoms with E-state index in [1.807, 2.05) is 15.6 Å². The quantitative estimate of drug-likeness (QED) is 0.818. The Balaban J connectivity index is 1.66. The van der Waals surface area contributed by atoms with E-state index in [2.05, 4.69) is 18.9 Å². The highest BCUT2D eigenvalue weighted by molar-refractivity contribution is 5.77. The minimum atomic E-state index is -0.125. The fourth-order valence-electron chi connectivity index (χ4n) is 3.40. The fourth-order valence-corrected chi connectivity index (χ4v) is 3.40. The second kappa shape index (κ2) is 7.99. The third-order valence-electron chi connectivity index (χ3n) is 4.86. The molecule has 1 unspecified atom stereocenters. The number of hydroxylamine groups is 2. The van der Waals surface area contributed by atoms with Crippen molar-refractivity contribution in [2.45, 2.75) is 58.5 Å². The number of aromatic nitrogens is 2. The zero-order valence-electron chi connectivity index (χ0n) is 15.2. The molecule has 0 aromatic carbocycles. The number of fused-ring (bicyclic) bond motifs is 1. The summed E-state index contributed by atoms with van der Waals surface area (Å²) >= 11 is 0. The van der Waals surface area contributed by atoms with E-state index < -0.39 is 0 Å². The van der Waals surface area contributed by atoms with E-state index in [0.717, 1.165) is 25.0 Å². The molecular weight excluding hydrogens is 320 g/mol. The van der Waals surface area contributed by atoms with Gasteiger partial charge in [-0.2, -0.15) is 5.10 Å². The Morgan fingerprint density at radius 2 is 2.16 bits per heavy atom. The molecule has 3 rings (SSSR count). The number of carbonyl (C=O) groups is 2. The topological polar surface area (TPSA) is 67.7 Å². The van der Waals surface area contributed by atoms with E-state index >= 15 is 0 Å². The molecule has 0 spiro atoms. The second-order valence-corrected chi connectivity index (χ2v) is 7.37. The largest absolute Gasteiger partial charge is 0.335 e. The molecule has 0 N–H and O–H groups in total. The van der Waals surface area contributed by atoms with Gasteiger partial charge in [-0.15, -0.1) is 0 Å². The van der Waals surface area contributed by atoms with Crippen LogP contribution in [0.3, 0.4) is 0 Å². The number of rotatable bonds is 5. The van der Waals surface area contributed by atoms with Crippen molar-refractivity contribution in [3.05, 3.63) is 18.0 Å². The summed E-state index contributed by atoms with van der Waals surface area (Å²) in [5, 5.41) is 5.85. The lowest BCUT2D eigenvalue weighted by Gasteiger charge is -2.35. The van der Waals surface area contributed by atoms with Crippen LogP contribution in [-0.4, -0.2) is 51.3 Å². The summed E-state index contributed by atoms with van der Waals surface area (Å²) in [6.45, 7) is 6.60. The molecule has 1 fully saturated rings. The molecule has 0 bridgehead atoms. The highest BCUT2D eigenvalue weighted by Gasteiger charge is 2.31.